The van der Waals surface area contributed by atoms with Gasteiger partial charge in [-0.3, -0.25) is 0 Å². The molecule has 0 rings (SSSR count). The van der Waals surface area contributed by atoms with Crippen LogP contribution in [0.3, 0.4) is 0 Å². The van der Waals surface area contributed by atoms with Crippen LogP contribution in [0, 0.1) is 0 Å². The Kier molecular flexibility index (Phi) is 14.3. The number of rotatable bonds is 0. The zero-order valence-corrected chi connectivity index (χ0v) is 4.59. The molecule has 0 aromatic carbocycles. The molecule has 0 unspecified atom stereocenters. The summed E-state index contributed by atoms with van der Waals surface area (Å²) in [4.78, 5) is 0. The van der Waals surface area contributed by atoms with E-state index in [0.717, 1.165) is 7.11 Å². The molecular formula is CH6O4V. The first-order chi connectivity index (χ1) is 2.73. The van der Waals surface area contributed by atoms with Gasteiger partial charge in [0.15, 0.2) is 0 Å². The summed E-state index contributed by atoms with van der Waals surface area (Å²) in [7, 11) is 1.00. The predicted molar refractivity (Wildman–Crippen MR) is 13.3 cm³/mol. The molecule has 0 fully saturated rings. The van der Waals surface area contributed by atoms with Crippen molar-refractivity contribution >= 4 is 0 Å². The summed E-state index contributed by atoms with van der Waals surface area (Å²) in [5, 5.41) is 7.00. The van der Waals surface area contributed by atoms with Gasteiger partial charge < -0.3 is 5.11 Å². The van der Waals surface area contributed by atoms with Gasteiger partial charge in [0.2, 0.25) is 0 Å². The molecular weight excluding hydrogens is 127 g/mol. The first-order valence-corrected chi connectivity index (χ1v) is 2.85. The van der Waals surface area contributed by atoms with E-state index in [9.17, 15) is 0 Å². The molecule has 0 saturated carbocycles. The fraction of sp³-hybridized carbons (Fsp3) is 1.00. The molecule has 0 aliphatic carbocycles. The van der Waals surface area contributed by atoms with Crippen LogP contribution < -0.4 is 0 Å². The van der Waals surface area contributed by atoms with Crippen molar-refractivity contribution in [3.8, 4) is 0 Å². The SMILES string of the molecule is CO.[O]=[V]([OH])[OH]. The normalized spacial score (nSPS) is 5.33. The Hall–Kier alpha value is 0.264. The van der Waals surface area contributed by atoms with Crippen molar-refractivity contribution in [2.24, 2.45) is 0 Å². The van der Waals surface area contributed by atoms with Crippen LogP contribution >= 0.6 is 0 Å². The number of aliphatic hydroxyl groups excluding tert-OH is 1. The zero-order valence-electron chi connectivity index (χ0n) is 3.20. The predicted octanol–water partition coefficient (Wildman–Crippen LogP) is -1.63. The van der Waals surface area contributed by atoms with Crippen molar-refractivity contribution in [2.75, 3.05) is 7.11 Å². The third kappa shape index (κ3) is 650. The van der Waals surface area contributed by atoms with Crippen LogP contribution in [-0.2, 0) is 19.5 Å². The Bertz CT molecular complexity index is 30.5. The third-order valence-corrected chi connectivity index (χ3v) is 0. The molecule has 6 heavy (non-hydrogen) atoms. The summed E-state index contributed by atoms with van der Waals surface area (Å²) in [6.07, 6.45) is 0. The van der Waals surface area contributed by atoms with Crippen molar-refractivity contribution in [1.29, 1.82) is 0 Å². The van der Waals surface area contributed by atoms with Gasteiger partial charge in [-0.1, -0.05) is 0 Å². The van der Waals surface area contributed by atoms with E-state index in [4.69, 9.17) is 16.8 Å². The van der Waals surface area contributed by atoms with Gasteiger partial charge >= 0.3 is 27.5 Å². The minimum atomic E-state index is -3.44. The van der Waals surface area contributed by atoms with Gasteiger partial charge in [0, 0.05) is 7.11 Å². The standard InChI is InChI=1S/CH4O.2H2O.O.V/c1-2;;;;/h2H,1H3;2*1H2;;/q;;;;+2/p-2. The Morgan fingerprint density at radius 3 is 1.33 bits per heavy atom. The maximum absolute atomic E-state index is 8.78. The molecule has 3 N–H and O–H groups in total. The molecule has 0 bridgehead atoms. The van der Waals surface area contributed by atoms with Gasteiger partial charge in [-0.15, -0.1) is 0 Å². The van der Waals surface area contributed by atoms with Gasteiger partial charge in [-0.05, 0) is 0 Å². The topological polar surface area (TPSA) is 77.8 Å². The second-order valence-corrected chi connectivity index (χ2v) is 1.04. The van der Waals surface area contributed by atoms with Crippen molar-refractivity contribution < 1.29 is 32.6 Å². The van der Waals surface area contributed by atoms with E-state index in [-0.39, 0.29) is 0 Å². The molecule has 0 aromatic heterocycles. The van der Waals surface area contributed by atoms with Crippen molar-refractivity contribution in [3.05, 3.63) is 0 Å². The molecule has 0 saturated heterocycles. The van der Waals surface area contributed by atoms with Gasteiger partial charge in [0.05, 0.1) is 0 Å². The van der Waals surface area contributed by atoms with Gasteiger partial charge in [0.1, 0.15) is 0 Å². The van der Waals surface area contributed by atoms with Crippen LogP contribution in [0.2, 0.25) is 0 Å². The summed E-state index contributed by atoms with van der Waals surface area (Å²) < 4.78 is 23.2. The van der Waals surface area contributed by atoms with Crippen molar-refractivity contribution in [1.82, 2.24) is 0 Å². The molecule has 39 valence electrons. The molecule has 0 amide bonds. The Morgan fingerprint density at radius 2 is 1.33 bits per heavy atom. The molecule has 5 heteroatoms. The molecule has 0 heterocycles. The number of hydrogen-bond donors (Lipinski definition) is 3. The van der Waals surface area contributed by atoms with E-state index in [1.807, 2.05) is 0 Å². The van der Waals surface area contributed by atoms with Crippen LogP contribution in [0.1, 0.15) is 0 Å². The maximum atomic E-state index is 8.78. The Balaban J connectivity index is 0. The molecule has 0 aliphatic rings. The average Bonchev–Trinajstić information content (AvgIpc) is 1.41. The third-order valence-electron chi connectivity index (χ3n) is 0. The van der Waals surface area contributed by atoms with Crippen LogP contribution in [0.5, 0.6) is 0 Å². The molecule has 0 radical (unpaired) electrons. The second kappa shape index (κ2) is 8.98. The quantitative estimate of drug-likeness (QED) is 0.371. The summed E-state index contributed by atoms with van der Waals surface area (Å²) in [6.45, 7) is 0. The van der Waals surface area contributed by atoms with Crippen LogP contribution in [-0.4, -0.2) is 20.3 Å². The minimum absolute atomic E-state index is 1.00. The number of aliphatic hydroxyl groups is 1. The molecule has 0 aromatic rings. The molecule has 0 aliphatic heterocycles. The van der Waals surface area contributed by atoms with E-state index >= 15 is 0 Å². The monoisotopic (exact) mass is 133 g/mol. The first-order valence-electron chi connectivity index (χ1n) is 1.03. The first kappa shape index (κ1) is 9.55. The summed E-state index contributed by atoms with van der Waals surface area (Å²) in [5.74, 6) is 0. The fourth-order valence-electron chi connectivity index (χ4n) is 0. The Morgan fingerprint density at radius 1 is 1.33 bits per heavy atom. The van der Waals surface area contributed by atoms with Crippen molar-refractivity contribution in [3.63, 3.8) is 0 Å². The van der Waals surface area contributed by atoms with Crippen LogP contribution in [0.4, 0.5) is 0 Å². The summed E-state index contributed by atoms with van der Waals surface area (Å²) in [5.41, 5.74) is 0. The van der Waals surface area contributed by atoms with Crippen LogP contribution in [0.15, 0.2) is 0 Å². The number of hydrogen-bond acceptors (Lipinski definition) is 2. The molecule has 0 spiro atoms. The summed E-state index contributed by atoms with van der Waals surface area (Å²) in [6, 6.07) is 0. The van der Waals surface area contributed by atoms with E-state index in [2.05, 4.69) is 0 Å². The Labute approximate surface area is 40.5 Å². The van der Waals surface area contributed by atoms with Gasteiger partial charge in [-0.25, -0.2) is 0 Å². The van der Waals surface area contributed by atoms with E-state index in [1.165, 1.54) is 0 Å². The van der Waals surface area contributed by atoms with E-state index < -0.39 is 15.8 Å². The van der Waals surface area contributed by atoms with Crippen molar-refractivity contribution in [2.45, 2.75) is 0 Å². The van der Waals surface area contributed by atoms with E-state index in [1.54, 1.807) is 0 Å². The van der Waals surface area contributed by atoms with Gasteiger partial charge in [0.25, 0.3) is 0 Å². The molecule has 0 atom stereocenters. The van der Waals surface area contributed by atoms with E-state index in [0.29, 0.717) is 0 Å². The molecule has 4 nitrogen and oxygen atoms in total. The fourth-order valence-corrected chi connectivity index (χ4v) is 0. The van der Waals surface area contributed by atoms with Gasteiger partial charge in [-0.2, -0.15) is 0 Å². The second-order valence-electron chi connectivity index (χ2n) is 0.253. The van der Waals surface area contributed by atoms with Crippen LogP contribution in [0.25, 0.3) is 0 Å². The zero-order chi connectivity index (χ0) is 5.58. The average molecular weight is 133 g/mol. The summed E-state index contributed by atoms with van der Waals surface area (Å²) >= 11 is -3.44.